The molecule has 0 aromatic carbocycles. The minimum atomic E-state index is -1.43. The molecule has 226 valence electrons. The van der Waals surface area contributed by atoms with Gasteiger partial charge in [0.1, 0.15) is 6.54 Å². The van der Waals surface area contributed by atoms with E-state index in [2.05, 4.69) is 0 Å². The van der Waals surface area contributed by atoms with E-state index < -0.39 is 41.5 Å². The minimum Gasteiger partial charge on any atom is -0.480 e. The van der Waals surface area contributed by atoms with Crippen LogP contribution >= 0.6 is 0 Å². The highest BCUT2D eigenvalue weighted by molar-refractivity contribution is 5.69. The number of nitrogens with zero attached hydrogens (tertiary/aromatic N) is 3. The van der Waals surface area contributed by atoms with Crippen molar-refractivity contribution in [2.75, 3.05) is 13.2 Å². The Balaban J connectivity index is 1.14. The van der Waals surface area contributed by atoms with Gasteiger partial charge in [-0.1, -0.05) is 0 Å². The number of aromatic nitrogens is 3. The van der Waals surface area contributed by atoms with Crippen LogP contribution in [0.5, 0.6) is 0 Å². The van der Waals surface area contributed by atoms with Crippen LogP contribution in [0.3, 0.4) is 0 Å². The summed E-state index contributed by atoms with van der Waals surface area (Å²) in [6.07, 6.45) is 6.78. The summed E-state index contributed by atoms with van der Waals surface area (Å²) in [6, 6.07) is 0. The zero-order valence-corrected chi connectivity index (χ0v) is 22.9. The lowest BCUT2D eigenvalue weighted by atomic mass is 9.80. The van der Waals surface area contributed by atoms with Crippen molar-refractivity contribution in [2.45, 2.75) is 108 Å². The molecule has 3 aliphatic heterocycles. The van der Waals surface area contributed by atoms with Crippen LogP contribution in [0, 0.1) is 11.8 Å². The van der Waals surface area contributed by atoms with Crippen LogP contribution in [0.25, 0.3) is 0 Å². The Labute approximate surface area is 235 Å². The molecule has 0 spiro atoms. The molecule has 2 aliphatic carbocycles. The first-order chi connectivity index (χ1) is 19.7. The molecule has 14 nitrogen and oxygen atoms in total. The second kappa shape index (κ2) is 12.7. The molecule has 6 unspecified atom stereocenters. The van der Waals surface area contributed by atoms with Crippen LogP contribution in [-0.4, -0.2) is 74.3 Å². The van der Waals surface area contributed by atoms with Crippen LogP contribution < -0.4 is 17.1 Å². The monoisotopic (exact) mass is 579 g/mol. The standard InChI is InChI=1S/C27H37N3O11/c31-22(32)13-30-26(36)28(9-1-3-23(33)38-14-16-5-8-19-21(11-16)41-19)25(35)29(27(30)37)10-2-4-24(34)39-15-17-6-7-18-12-20(17)40-18/h16-21H,1-15H2,(H,31,32). The van der Waals surface area contributed by atoms with E-state index in [-0.39, 0.29) is 69.4 Å². The quantitative estimate of drug-likeness (QED) is 0.232. The molecule has 4 heterocycles. The van der Waals surface area contributed by atoms with E-state index in [9.17, 15) is 33.9 Å². The summed E-state index contributed by atoms with van der Waals surface area (Å²) in [7, 11) is 0. The highest BCUT2D eigenvalue weighted by Crippen LogP contribution is 2.40. The third-order valence-electron chi connectivity index (χ3n) is 8.50. The maximum atomic E-state index is 13.0. The van der Waals surface area contributed by atoms with Crippen molar-refractivity contribution < 1.29 is 38.4 Å². The molecule has 6 rings (SSSR count). The molecular formula is C27H37N3O11. The number of aliphatic carboxylic acids is 1. The van der Waals surface area contributed by atoms with Gasteiger partial charge in [0, 0.05) is 38.3 Å². The van der Waals surface area contributed by atoms with Crippen molar-refractivity contribution in [3.8, 4) is 0 Å². The third-order valence-corrected chi connectivity index (χ3v) is 8.50. The first-order valence-corrected chi connectivity index (χ1v) is 14.5. The number of fused-ring (bicyclic) bond motifs is 3. The zero-order chi connectivity index (χ0) is 29.1. The van der Waals surface area contributed by atoms with Crippen molar-refractivity contribution in [3.63, 3.8) is 0 Å². The summed E-state index contributed by atoms with van der Waals surface area (Å²) in [5.74, 6) is -1.95. The van der Waals surface area contributed by atoms with Crippen molar-refractivity contribution >= 4 is 17.9 Å². The van der Waals surface area contributed by atoms with E-state index in [0.29, 0.717) is 23.4 Å². The molecule has 5 aliphatic rings. The van der Waals surface area contributed by atoms with Gasteiger partial charge in [-0.05, 0) is 50.9 Å². The van der Waals surface area contributed by atoms with E-state index >= 15 is 0 Å². The molecular weight excluding hydrogens is 542 g/mol. The number of epoxide rings is 1. The molecule has 1 aromatic rings. The first kappa shape index (κ1) is 29.2. The van der Waals surface area contributed by atoms with E-state index in [4.69, 9.17) is 18.9 Å². The van der Waals surface area contributed by atoms with Gasteiger partial charge < -0.3 is 24.1 Å². The Morgan fingerprint density at radius 2 is 1.34 bits per heavy atom. The van der Waals surface area contributed by atoms with Crippen molar-refractivity contribution in [2.24, 2.45) is 11.8 Å². The second-order valence-corrected chi connectivity index (χ2v) is 11.5. The van der Waals surface area contributed by atoms with Gasteiger partial charge >= 0.3 is 35.0 Å². The number of hydrogen-bond acceptors (Lipinski definition) is 10. The van der Waals surface area contributed by atoms with Crippen molar-refractivity contribution in [1.82, 2.24) is 13.7 Å². The number of carboxylic acids is 1. The Kier molecular flexibility index (Phi) is 9.07. The summed E-state index contributed by atoms with van der Waals surface area (Å²) in [5.41, 5.74) is -3.07. The number of carbonyl (C=O) groups excluding carboxylic acids is 2. The lowest BCUT2D eigenvalue weighted by Gasteiger charge is -2.46. The summed E-state index contributed by atoms with van der Waals surface area (Å²) in [5, 5.41) is 9.20. The van der Waals surface area contributed by atoms with Gasteiger partial charge in [-0.3, -0.25) is 14.4 Å². The van der Waals surface area contributed by atoms with Gasteiger partial charge in [0.15, 0.2) is 0 Å². The summed E-state index contributed by atoms with van der Waals surface area (Å²) < 4.78 is 23.8. The highest BCUT2D eigenvalue weighted by atomic mass is 16.6. The lowest BCUT2D eigenvalue weighted by molar-refractivity contribution is -0.196. The number of carboxylic acid groups (broad SMARTS) is 1. The number of esters is 2. The largest absolute Gasteiger partial charge is 0.480 e. The number of ether oxygens (including phenoxy) is 4. The predicted octanol–water partition coefficient (Wildman–Crippen LogP) is 0.0381. The van der Waals surface area contributed by atoms with Gasteiger partial charge in [0.2, 0.25) is 0 Å². The molecule has 0 radical (unpaired) electrons. The normalized spacial score (nSPS) is 27.8. The van der Waals surface area contributed by atoms with Gasteiger partial charge in [-0.15, -0.1) is 0 Å². The zero-order valence-electron chi connectivity index (χ0n) is 22.9. The molecule has 1 N–H and O–H groups in total. The molecule has 6 atom stereocenters. The van der Waals surface area contributed by atoms with Gasteiger partial charge in [0.25, 0.3) is 0 Å². The number of carbonyl (C=O) groups is 3. The number of rotatable bonds is 14. The van der Waals surface area contributed by atoms with E-state index in [0.717, 1.165) is 47.7 Å². The Bertz CT molecular complexity index is 1320. The van der Waals surface area contributed by atoms with Gasteiger partial charge in [-0.25, -0.2) is 28.1 Å². The summed E-state index contributed by atoms with van der Waals surface area (Å²) in [6.45, 7) is -0.801. The molecule has 41 heavy (non-hydrogen) atoms. The fourth-order valence-electron chi connectivity index (χ4n) is 6.05. The Hall–Kier alpha value is -3.26. The van der Waals surface area contributed by atoms with E-state index in [1.54, 1.807) is 0 Å². The molecule has 1 aromatic heterocycles. The topological polar surface area (TPSA) is 178 Å². The van der Waals surface area contributed by atoms with Crippen LogP contribution in [0.4, 0.5) is 0 Å². The predicted molar refractivity (Wildman–Crippen MR) is 139 cm³/mol. The summed E-state index contributed by atoms with van der Waals surface area (Å²) in [4.78, 5) is 74.5. The van der Waals surface area contributed by atoms with E-state index in [1.807, 2.05) is 0 Å². The molecule has 2 bridgehead atoms. The molecule has 5 fully saturated rings. The maximum Gasteiger partial charge on any atom is 0.336 e. The van der Waals surface area contributed by atoms with Crippen LogP contribution in [0.2, 0.25) is 0 Å². The lowest BCUT2D eigenvalue weighted by Crippen LogP contribution is -2.55. The maximum absolute atomic E-state index is 13.0. The Morgan fingerprint density at radius 3 is 1.90 bits per heavy atom. The van der Waals surface area contributed by atoms with Crippen LogP contribution in [0.1, 0.15) is 64.2 Å². The molecule has 14 heteroatoms. The molecule has 3 saturated heterocycles. The highest BCUT2D eigenvalue weighted by Gasteiger charge is 2.44. The average Bonchev–Trinajstić information content (AvgIpc) is 3.71. The molecule has 2 saturated carbocycles. The first-order valence-electron chi connectivity index (χ1n) is 14.5. The van der Waals surface area contributed by atoms with Crippen molar-refractivity contribution in [3.05, 3.63) is 31.5 Å². The fraction of sp³-hybridized carbons (Fsp3) is 0.778. The minimum absolute atomic E-state index is 0.0569. The van der Waals surface area contributed by atoms with Crippen LogP contribution in [0.15, 0.2) is 14.4 Å². The Morgan fingerprint density at radius 1 is 0.732 bits per heavy atom. The van der Waals surface area contributed by atoms with Gasteiger partial charge in [-0.2, -0.15) is 0 Å². The van der Waals surface area contributed by atoms with Crippen molar-refractivity contribution in [1.29, 1.82) is 0 Å². The molecule has 0 amide bonds. The third kappa shape index (κ3) is 7.15. The van der Waals surface area contributed by atoms with Gasteiger partial charge in [0.05, 0.1) is 37.6 Å². The SMILES string of the molecule is O=C(O)Cn1c(=O)n(CCCC(=O)OCC2CCC3OC3C2)c(=O)n(CCCC(=O)OCC2CCC3CC2O3)c1=O. The second-order valence-electron chi connectivity index (χ2n) is 11.5. The summed E-state index contributed by atoms with van der Waals surface area (Å²) >= 11 is 0. The number of hydrogen-bond donors (Lipinski definition) is 1. The fourth-order valence-corrected chi connectivity index (χ4v) is 6.05. The van der Waals surface area contributed by atoms with Crippen LogP contribution in [-0.2, 0) is 53.0 Å². The average molecular weight is 580 g/mol. The smallest absolute Gasteiger partial charge is 0.336 e. The van der Waals surface area contributed by atoms with E-state index in [1.165, 1.54) is 0 Å².